The van der Waals surface area contributed by atoms with Crippen molar-refractivity contribution in [1.82, 2.24) is 4.98 Å². The Kier molecular flexibility index (Phi) is 3.52. The third-order valence-electron chi connectivity index (χ3n) is 3.60. The maximum Gasteiger partial charge on any atom is 0.252 e. The number of anilines is 1. The topological polar surface area (TPSA) is 85.2 Å². The van der Waals surface area contributed by atoms with Gasteiger partial charge in [0.05, 0.1) is 5.56 Å². The highest BCUT2D eigenvalue weighted by molar-refractivity contribution is 5.97. The first-order chi connectivity index (χ1) is 8.49. The molecule has 2 heterocycles. The van der Waals surface area contributed by atoms with Gasteiger partial charge < -0.3 is 16.4 Å². The number of hydrogen-bond acceptors (Lipinski definition) is 4. The number of aromatic nitrogens is 1. The van der Waals surface area contributed by atoms with Crippen molar-refractivity contribution in [3.63, 3.8) is 0 Å². The number of carbonyl (C=O) groups is 1. The Morgan fingerprint density at radius 2 is 2.22 bits per heavy atom. The van der Waals surface area contributed by atoms with Crippen LogP contribution in [0.4, 0.5) is 5.82 Å². The Morgan fingerprint density at radius 1 is 1.50 bits per heavy atom. The molecule has 1 aromatic rings. The number of primary amides is 1. The summed E-state index contributed by atoms with van der Waals surface area (Å²) in [5.41, 5.74) is 12.8. The van der Waals surface area contributed by atoms with Crippen LogP contribution in [0.2, 0.25) is 0 Å². The lowest BCUT2D eigenvalue weighted by molar-refractivity contribution is 0.100. The van der Waals surface area contributed by atoms with Crippen LogP contribution in [-0.4, -0.2) is 30.0 Å². The molecule has 2 unspecified atom stereocenters. The molecule has 1 aliphatic heterocycles. The van der Waals surface area contributed by atoms with E-state index in [1.165, 1.54) is 0 Å². The molecule has 0 saturated carbocycles. The van der Waals surface area contributed by atoms with E-state index in [4.69, 9.17) is 11.5 Å². The summed E-state index contributed by atoms with van der Waals surface area (Å²) in [7, 11) is 0. The first kappa shape index (κ1) is 12.8. The number of pyridine rings is 1. The zero-order valence-corrected chi connectivity index (χ0v) is 10.9. The first-order valence-corrected chi connectivity index (χ1v) is 6.27. The van der Waals surface area contributed by atoms with Crippen molar-refractivity contribution in [3.05, 3.63) is 23.4 Å². The van der Waals surface area contributed by atoms with Gasteiger partial charge in [-0.05, 0) is 31.4 Å². The Balaban J connectivity index is 2.32. The molecule has 1 amide bonds. The van der Waals surface area contributed by atoms with Crippen LogP contribution in [-0.2, 0) is 0 Å². The fraction of sp³-hybridized carbons (Fsp3) is 0.538. The second-order valence-electron chi connectivity index (χ2n) is 5.06. The normalized spacial score (nSPS) is 24.1. The highest BCUT2D eigenvalue weighted by Gasteiger charge is 2.26. The second-order valence-corrected chi connectivity index (χ2v) is 5.06. The maximum absolute atomic E-state index is 11.4. The molecular weight excluding hydrogens is 228 g/mol. The molecule has 0 radical (unpaired) electrons. The number of piperidine rings is 1. The summed E-state index contributed by atoms with van der Waals surface area (Å²) in [6, 6.07) is 3.65. The summed E-state index contributed by atoms with van der Waals surface area (Å²) in [5, 5.41) is 0. The zero-order chi connectivity index (χ0) is 13.3. The standard InChI is InChI=1S/C13H20N4O/c1-8-5-6-17(7-11(8)14)13-10(12(15)18)4-3-9(2)16-13/h3-4,8,11H,5-7,14H2,1-2H3,(H2,15,18). The van der Waals surface area contributed by atoms with E-state index in [1.54, 1.807) is 12.1 Å². The average Bonchev–Trinajstić information content (AvgIpc) is 2.32. The lowest BCUT2D eigenvalue weighted by Gasteiger charge is -2.36. The van der Waals surface area contributed by atoms with Gasteiger partial charge >= 0.3 is 0 Å². The van der Waals surface area contributed by atoms with E-state index < -0.39 is 5.91 Å². The van der Waals surface area contributed by atoms with Crippen molar-refractivity contribution in [2.45, 2.75) is 26.3 Å². The molecule has 18 heavy (non-hydrogen) atoms. The highest BCUT2D eigenvalue weighted by atomic mass is 16.1. The lowest BCUT2D eigenvalue weighted by atomic mass is 9.94. The van der Waals surface area contributed by atoms with Gasteiger partial charge in [-0.3, -0.25) is 4.79 Å². The van der Waals surface area contributed by atoms with Gasteiger partial charge in [-0.1, -0.05) is 6.92 Å². The molecule has 4 N–H and O–H groups in total. The summed E-state index contributed by atoms with van der Waals surface area (Å²) in [5.74, 6) is 0.734. The first-order valence-electron chi connectivity index (χ1n) is 6.27. The number of rotatable bonds is 2. The SMILES string of the molecule is Cc1ccc(C(N)=O)c(N2CCC(C)C(N)C2)n1. The summed E-state index contributed by atoms with van der Waals surface area (Å²) in [6.07, 6.45) is 1.01. The fourth-order valence-electron chi connectivity index (χ4n) is 2.27. The lowest BCUT2D eigenvalue weighted by Crippen LogP contribution is -2.48. The van der Waals surface area contributed by atoms with E-state index in [-0.39, 0.29) is 6.04 Å². The molecule has 2 atom stereocenters. The number of aryl methyl sites for hydroxylation is 1. The minimum absolute atomic E-state index is 0.113. The molecule has 1 saturated heterocycles. The third kappa shape index (κ3) is 2.46. The quantitative estimate of drug-likeness (QED) is 0.805. The van der Waals surface area contributed by atoms with Gasteiger partial charge in [-0.15, -0.1) is 0 Å². The van der Waals surface area contributed by atoms with Gasteiger partial charge in [0.25, 0.3) is 5.91 Å². The molecule has 0 aliphatic carbocycles. The predicted molar refractivity (Wildman–Crippen MR) is 71.5 cm³/mol. The number of nitrogens with zero attached hydrogens (tertiary/aromatic N) is 2. The minimum atomic E-state index is -0.440. The van der Waals surface area contributed by atoms with E-state index in [0.29, 0.717) is 17.3 Å². The number of nitrogens with two attached hydrogens (primary N) is 2. The molecule has 98 valence electrons. The zero-order valence-electron chi connectivity index (χ0n) is 10.9. The van der Waals surface area contributed by atoms with Crippen LogP contribution >= 0.6 is 0 Å². The van der Waals surface area contributed by atoms with E-state index in [0.717, 1.165) is 25.2 Å². The van der Waals surface area contributed by atoms with E-state index in [9.17, 15) is 4.79 Å². The summed E-state index contributed by atoms with van der Waals surface area (Å²) < 4.78 is 0. The van der Waals surface area contributed by atoms with Gasteiger partial charge in [0.15, 0.2) is 0 Å². The van der Waals surface area contributed by atoms with Crippen LogP contribution in [0.5, 0.6) is 0 Å². The van der Waals surface area contributed by atoms with Gasteiger partial charge in [-0.2, -0.15) is 0 Å². The van der Waals surface area contributed by atoms with Crippen LogP contribution < -0.4 is 16.4 Å². The Labute approximate surface area is 107 Å². The molecule has 2 rings (SSSR count). The largest absolute Gasteiger partial charge is 0.365 e. The summed E-state index contributed by atoms with van der Waals surface area (Å²) >= 11 is 0. The van der Waals surface area contributed by atoms with Gasteiger partial charge in [-0.25, -0.2) is 4.98 Å². The van der Waals surface area contributed by atoms with E-state index in [1.807, 2.05) is 6.92 Å². The van der Waals surface area contributed by atoms with Crippen LogP contribution in [0.1, 0.15) is 29.4 Å². The molecule has 0 bridgehead atoms. The van der Waals surface area contributed by atoms with E-state index >= 15 is 0 Å². The van der Waals surface area contributed by atoms with E-state index in [2.05, 4.69) is 16.8 Å². The minimum Gasteiger partial charge on any atom is -0.365 e. The van der Waals surface area contributed by atoms with Crippen LogP contribution in [0.3, 0.4) is 0 Å². The second kappa shape index (κ2) is 4.94. The molecule has 1 aliphatic rings. The van der Waals surface area contributed by atoms with Crippen molar-refractivity contribution >= 4 is 11.7 Å². The van der Waals surface area contributed by atoms with Crippen molar-refractivity contribution in [2.75, 3.05) is 18.0 Å². The Hall–Kier alpha value is -1.62. The van der Waals surface area contributed by atoms with Crippen LogP contribution in [0.15, 0.2) is 12.1 Å². The number of carbonyl (C=O) groups excluding carboxylic acids is 1. The van der Waals surface area contributed by atoms with Crippen molar-refractivity contribution < 1.29 is 4.79 Å². The maximum atomic E-state index is 11.4. The van der Waals surface area contributed by atoms with Gasteiger partial charge in [0, 0.05) is 24.8 Å². The monoisotopic (exact) mass is 248 g/mol. The number of amides is 1. The molecule has 1 aromatic heterocycles. The molecule has 5 heteroatoms. The Bertz CT molecular complexity index is 460. The highest BCUT2D eigenvalue weighted by Crippen LogP contribution is 2.24. The smallest absolute Gasteiger partial charge is 0.252 e. The average molecular weight is 248 g/mol. The molecular formula is C13H20N4O. The van der Waals surface area contributed by atoms with Crippen molar-refractivity contribution in [2.24, 2.45) is 17.4 Å². The predicted octanol–water partition coefficient (Wildman–Crippen LogP) is 0.662. The van der Waals surface area contributed by atoms with Crippen LogP contribution in [0, 0.1) is 12.8 Å². The van der Waals surface area contributed by atoms with Gasteiger partial charge in [0.1, 0.15) is 5.82 Å². The third-order valence-corrected chi connectivity index (χ3v) is 3.60. The van der Waals surface area contributed by atoms with Crippen LogP contribution in [0.25, 0.3) is 0 Å². The molecule has 5 nitrogen and oxygen atoms in total. The molecule has 1 fully saturated rings. The van der Waals surface area contributed by atoms with Crippen molar-refractivity contribution in [3.8, 4) is 0 Å². The fourth-order valence-corrected chi connectivity index (χ4v) is 2.27. The molecule has 0 aromatic carbocycles. The number of hydrogen-bond donors (Lipinski definition) is 2. The van der Waals surface area contributed by atoms with Crippen molar-refractivity contribution in [1.29, 1.82) is 0 Å². The summed E-state index contributed by atoms with van der Waals surface area (Å²) in [4.78, 5) is 18.0. The Morgan fingerprint density at radius 3 is 2.83 bits per heavy atom. The summed E-state index contributed by atoms with van der Waals surface area (Å²) in [6.45, 7) is 5.64. The molecule has 0 spiro atoms. The van der Waals surface area contributed by atoms with Gasteiger partial charge in [0.2, 0.25) is 0 Å².